The fourth-order valence-corrected chi connectivity index (χ4v) is 5.32. The second-order valence-corrected chi connectivity index (χ2v) is 9.44. The third kappa shape index (κ3) is 6.47. The Hall–Kier alpha value is -0.710. The van der Waals surface area contributed by atoms with Crippen LogP contribution in [0, 0.1) is 5.92 Å². The van der Waals surface area contributed by atoms with Gasteiger partial charge in [-0.05, 0) is 56.5 Å². The fourth-order valence-electron chi connectivity index (χ4n) is 3.98. The summed E-state index contributed by atoms with van der Waals surface area (Å²) in [6.45, 7) is 3.77. The summed E-state index contributed by atoms with van der Waals surface area (Å²) in [6, 6.07) is 8.07. The van der Waals surface area contributed by atoms with Crippen LogP contribution in [0.15, 0.2) is 24.3 Å². The molecule has 144 valence electrons. The van der Waals surface area contributed by atoms with Crippen molar-refractivity contribution in [3.05, 3.63) is 34.9 Å². The molecule has 1 aliphatic carbocycles. The molecule has 0 atom stereocenters. The zero-order chi connectivity index (χ0) is 18.2. The topological polar surface area (TPSA) is 32.3 Å². The Labute approximate surface area is 167 Å². The number of hydrogen-bond donors (Lipinski definition) is 1. The van der Waals surface area contributed by atoms with Crippen LogP contribution < -0.4 is 5.32 Å². The van der Waals surface area contributed by atoms with Crippen LogP contribution in [0.25, 0.3) is 0 Å². The molecule has 26 heavy (non-hydrogen) atoms. The molecule has 0 unspecified atom stereocenters. The summed E-state index contributed by atoms with van der Waals surface area (Å²) in [5.41, 5.74) is 1.29. The molecule has 1 aromatic carbocycles. The van der Waals surface area contributed by atoms with Crippen molar-refractivity contribution >= 4 is 29.3 Å². The molecule has 2 fully saturated rings. The molecule has 2 aliphatic rings. The van der Waals surface area contributed by atoms with Gasteiger partial charge in [-0.15, -0.1) is 0 Å². The highest BCUT2D eigenvalue weighted by Crippen LogP contribution is 2.27. The highest BCUT2D eigenvalue weighted by Gasteiger charge is 2.24. The first-order chi connectivity index (χ1) is 12.7. The van der Waals surface area contributed by atoms with E-state index in [-0.39, 0.29) is 11.8 Å². The largest absolute Gasteiger partial charge is 0.355 e. The van der Waals surface area contributed by atoms with Gasteiger partial charge in [-0.25, -0.2) is 0 Å². The van der Waals surface area contributed by atoms with E-state index in [0.29, 0.717) is 0 Å². The van der Waals surface area contributed by atoms with Crippen molar-refractivity contribution in [3.8, 4) is 0 Å². The smallest absolute Gasteiger partial charge is 0.223 e. The lowest BCUT2D eigenvalue weighted by atomic mass is 9.95. The van der Waals surface area contributed by atoms with E-state index in [1.165, 1.54) is 37.7 Å². The second kappa shape index (κ2) is 10.6. The van der Waals surface area contributed by atoms with Gasteiger partial charge in [0.25, 0.3) is 0 Å². The number of amides is 1. The summed E-state index contributed by atoms with van der Waals surface area (Å²) in [7, 11) is 0. The molecule has 3 nitrogen and oxygen atoms in total. The van der Waals surface area contributed by atoms with E-state index in [0.717, 1.165) is 55.0 Å². The van der Waals surface area contributed by atoms with Crippen LogP contribution in [-0.4, -0.2) is 41.4 Å². The Morgan fingerprint density at radius 2 is 1.77 bits per heavy atom. The molecule has 1 amide bonds. The number of piperidine rings is 1. The first-order valence-electron chi connectivity index (χ1n) is 10.1. The van der Waals surface area contributed by atoms with Gasteiger partial charge in [0.2, 0.25) is 5.91 Å². The molecule has 1 saturated carbocycles. The Morgan fingerprint density at radius 3 is 2.46 bits per heavy atom. The molecule has 1 heterocycles. The van der Waals surface area contributed by atoms with Gasteiger partial charge in [-0.1, -0.05) is 43.0 Å². The van der Waals surface area contributed by atoms with Gasteiger partial charge in [0.15, 0.2) is 0 Å². The van der Waals surface area contributed by atoms with Crippen LogP contribution in [0.5, 0.6) is 0 Å². The molecule has 1 N–H and O–H groups in total. The van der Waals surface area contributed by atoms with Crippen molar-refractivity contribution in [1.29, 1.82) is 0 Å². The minimum Gasteiger partial charge on any atom is -0.355 e. The molecule has 1 aliphatic heterocycles. The first-order valence-corrected chi connectivity index (χ1v) is 11.5. The van der Waals surface area contributed by atoms with Gasteiger partial charge in [0.05, 0.1) is 0 Å². The van der Waals surface area contributed by atoms with Crippen LogP contribution in [0.2, 0.25) is 5.02 Å². The van der Waals surface area contributed by atoms with Gasteiger partial charge >= 0.3 is 0 Å². The fraction of sp³-hybridized carbons (Fsp3) is 0.667. The van der Waals surface area contributed by atoms with Crippen molar-refractivity contribution in [2.75, 3.05) is 25.4 Å². The summed E-state index contributed by atoms with van der Waals surface area (Å²) in [5, 5.41) is 4.78. The SMILES string of the molecule is O=C(NCCSC1CCCCC1)C1CCN(Cc2ccc(Cl)cc2)CC1. The van der Waals surface area contributed by atoms with Gasteiger partial charge in [-0.2, -0.15) is 11.8 Å². The lowest BCUT2D eigenvalue weighted by Gasteiger charge is -2.31. The van der Waals surface area contributed by atoms with Gasteiger partial charge in [0, 0.05) is 35.0 Å². The first kappa shape index (κ1) is 20.0. The molecule has 0 radical (unpaired) electrons. The van der Waals surface area contributed by atoms with Crippen molar-refractivity contribution in [3.63, 3.8) is 0 Å². The Balaban J connectivity index is 1.29. The van der Waals surface area contributed by atoms with Crippen LogP contribution >= 0.6 is 23.4 Å². The number of rotatable bonds is 7. The standard InChI is InChI=1S/C21H31ClN2OS/c22-19-8-6-17(7-9-19)16-24-13-10-18(11-14-24)21(25)23-12-15-26-20-4-2-1-3-5-20/h6-9,18,20H,1-5,10-16H2,(H,23,25). The third-order valence-electron chi connectivity index (χ3n) is 5.58. The van der Waals surface area contributed by atoms with Crippen LogP contribution in [-0.2, 0) is 11.3 Å². The molecule has 0 bridgehead atoms. The van der Waals surface area contributed by atoms with Crippen molar-refractivity contribution in [1.82, 2.24) is 10.2 Å². The monoisotopic (exact) mass is 394 g/mol. The number of carbonyl (C=O) groups is 1. The number of carbonyl (C=O) groups excluding carboxylic acids is 1. The number of hydrogen-bond acceptors (Lipinski definition) is 3. The van der Waals surface area contributed by atoms with E-state index in [1.54, 1.807) is 0 Å². The van der Waals surface area contributed by atoms with Crippen molar-refractivity contribution < 1.29 is 4.79 Å². The maximum atomic E-state index is 12.4. The number of thioether (sulfide) groups is 1. The number of nitrogens with one attached hydrogen (secondary N) is 1. The number of benzene rings is 1. The van der Waals surface area contributed by atoms with Crippen LogP contribution in [0.4, 0.5) is 0 Å². The quantitative estimate of drug-likeness (QED) is 0.678. The third-order valence-corrected chi connectivity index (χ3v) is 7.22. The number of halogens is 1. The minimum absolute atomic E-state index is 0.191. The van der Waals surface area contributed by atoms with E-state index in [1.807, 2.05) is 12.1 Å². The average Bonchev–Trinajstić information content (AvgIpc) is 2.68. The Kier molecular flexibility index (Phi) is 8.15. The van der Waals surface area contributed by atoms with Gasteiger partial charge in [0.1, 0.15) is 0 Å². The van der Waals surface area contributed by atoms with E-state index >= 15 is 0 Å². The molecule has 3 rings (SSSR count). The molecule has 1 aromatic rings. The molecular formula is C21H31ClN2OS. The van der Waals surface area contributed by atoms with E-state index < -0.39 is 0 Å². The predicted molar refractivity (Wildman–Crippen MR) is 112 cm³/mol. The summed E-state index contributed by atoms with van der Waals surface area (Å²) in [5.74, 6) is 1.52. The van der Waals surface area contributed by atoms with Crippen LogP contribution in [0.3, 0.4) is 0 Å². The van der Waals surface area contributed by atoms with Crippen LogP contribution in [0.1, 0.15) is 50.5 Å². The lowest BCUT2D eigenvalue weighted by molar-refractivity contribution is -0.126. The minimum atomic E-state index is 0.191. The summed E-state index contributed by atoms with van der Waals surface area (Å²) < 4.78 is 0. The average molecular weight is 395 g/mol. The van der Waals surface area contributed by atoms with Gasteiger partial charge in [-0.3, -0.25) is 9.69 Å². The Morgan fingerprint density at radius 1 is 1.08 bits per heavy atom. The van der Waals surface area contributed by atoms with Crippen molar-refractivity contribution in [2.45, 2.75) is 56.7 Å². The summed E-state index contributed by atoms with van der Waals surface area (Å²) >= 11 is 8.00. The number of likely N-dealkylation sites (tertiary alicyclic amines) is 1. The highest BCUT2D eigenvalue weighted by atomic mass is 35.5. The molecule has 0 aromatic heterocycles. The molecular weight excluding hydrogens is 364 g/mol. The van der Waals surface area contributed by atoms with Gasteiger partial charge < -0.3 is 5.32 Å². The number of nitrogens with zero attached hydrogens (tertiary/aromatic N) is 1. The maximum absolute atomic E-state index is 12.4. The molecule has 1 saturated heterocycles. The zero-order valence-corrected chi connectivity index (χ0v) is 17.2. The normalized spacial score (nSPS) is 20.2. The molecule has 5 heteroatoms. The second-order valence-electron chi connectivity index (χ2n) is 7.60. The summed E-state index contributed by atoms with van der Waals surface area (Å²) in [4.78, 5) is 14.8. The van der Waals surface area contributed by atoms with E-state index in [2.05, 4.69) is 34.1 Å². The van der Waals surface area contributed by atoms with E-state index in [4.69, 9.17) is 11.6 Å². The summed E-state index contributed by atoms with van der Waals surface area (Å²) in [6.07, 6.45) is 8.85. The maximum Gasteiger partial charge on any atom is 0.223 e. The van der Waals surface area contributed by atoms with E-state index in [9.17, 15) is 4.79 Å². The highest BCUT2D eigenvalue weighted by molar-refractivity contribution is 7.99. The zero-order valence-electron chi connectivity index (χ0n) is 15.6. The lowest BCUT2D eigenvalue weighted by Crippen LogP contribution is -2.40. The molecule has 0 spiro atoms. The predicted octanol–water partition coefficient (Wildman–Crippen LogP) is 4.73. The van der Waals surface area contributed by atoms with Crippen molar-refractivity contribution in [2.24, 2.45) is 5.92 Å². The Bertz CT molecular complexity index is 552.